The summed E-state index contributed by atoms with van der Waals surface area (Å²) in [5, 5.41) is 2.55. The van der Waals surface area contributed by atoms with Crippen molar-refractivity contribution in [3.63, 3.8) is 0 Å². The standard InChI is InChI=1S/C11H13ClFNO3S/c1-3-4-14-11(15)9-5-8(13)6-10(7(9)2)18(12,16)17/h5-6H,3-4H2,1-2H3,(H,14,15). The highest BCUT2D eigenvalue weighted by Gasteiger charge is 2.20. The van der Waals surface area contributed by atoms with E-state index in [1.54, 1.807) is 0 Å². The molecule has 4 nitrogen and oxygen atoms in total. The van der Waals surface area contributed by atoms with Crippen LogP contribution < -0.4 is 5.32 Å². The Morgan fingerprint density at radius 2 is 2.06 bits per heavy atom. The van der Waals surface area contributed by atoms with Crippen LogP contribution in [0.5, 0.6) is 0 Å². The van der Waals surface area contributed by atoms with Crippen molar-refractivity contribution in [2.24, 2.45) is 0 Å². The predicted octanol–water partition coefficient (Wildman–Crippen LogP) is 2.20. The summed E-state index contributed by atoms with van der Waals surface area (Å²) >= 11 is 0. The largest absolute Gasteiger partial charge is 0.352 e. The van der Waals surface area contributed by atoms with E-state index in [1.165, 1.54) is 6.92 Å². The lowest BCUT2D eigenvalue weighted by molar-refractivity contribution is 0.0952. The van der Waals surface area contributed by atoms with E-state index in [0.717, 1.165) is 18.6 Å². The molecule has 0 fully saturated rings. The SMILES string of the molecule is CCCNC(=O)c1cc(F)cc(S(=O)(=O)Cl)c1C. The first-order valence-corrected chi connectivity index (χ1v) is 7.61. The van der Waals surface area contributed by atoms with Gasteiger partial charge in [-0.3, -0.25) is 4.79 Å². The number of halogens is 2. The molecule has 0 bridgehead atoms. The van der Waals surface area contributed by atoms with Gasteiger partial charge in [0, 0.05) is 22.8 Å². The van der Waals surface area contributed by atoms with Gasteiger partial charge in [0.1, 0.15) is 5.82 Å². The van der Waals surface area contributed by atoms with Crippen LogP contribution in [0.1, 0.15) is 29.3 Å². The van der Waals surface area contributed by atoms with E-state index in [2.05, 4.69) is 5.32 Å². The van der Waals surface area contributed by atoms with Crippen molar-refractivity contribution in [2.45, 2.75) is 25.2 Å². The molecule has 0 aliphatic heterocycles. The summed E-state index contributed by atoms with van der Waals surface area (Å²) in [6.45, 7) is 3.71. The Kier molecular flexibility index (Phi) is 4.70. The molecule has 0 saturated carbocycles. The average molecular weight is 294 g/mol. The Labute approximate surface area is 110 Å². The van der Waals surface area contributed by atoms with Gasteiger partial charge in [-0.2, -0.15) is 0 Å². The summed E-state index contributed by atoms with van der Waals surface area (Å²) in [6.07, 6.45) is 0.723. The lowest BCUT2D eigenvalue weighted by atomic mass is 10.1. The van der Waals surface area contributed by atoms with Gasteiger partial charge in [0.2, 0.25) is 0 Å². The second-order valence-corrected chi connectivity index (χ2v) is 6.30. The van der Waals surface area contributed by atoms with E-state index in [4.69, 9.17) is 10.7 Å². The summed E-state index contributed by atoms with van der Waals surface area (Å²) in [7, 11) is 1.11. The Balaban J connectivity index is 3.30. The molecule has 1 aromatic rings. The number of benzene rings is 1. The molecular weight excluding hydrogens is 281 g/mol. The Morgan fingerprint density at radius 3 is 2.56 bits per heavy atom. The second kappa shape index (κ2) is 5.67. The first-order chi connectivity index (χ1) is 8.27. The summed E-state index contributed by atoms with van der Waals surface area (Å²) in [4.78, 5) is 11.4. The maximum Gasteiger partial charge on any atom is 0.261 e. The van der Waals surface area contributed by atoms with Crippen molar-refractivity contribution in [3.8, 4) is 0 Å². The normalized spacial score (nSPS) is 11.3. The van der Waals surface area contributed by atoms with Crippen molar-refractivity contribution in [2.75, 3.05) is 6.54 Å². The molecule has 0 saturated heterocycles. The third-order valence-electron chi connectivity index (χ3n) is 2.37. The van der Waals surface area contributed by atoms with Crippen molar-refractivity contribution >= 4 is 25.6 Å². The molecular formula is C11H13ClFNO3S. The summed E-state index contributed by atoms with van der Waals surface area (Å²) in [5.74, 6) is -1.34. The van der Waals surface area contributed by atoms with Gasteiger partial charge in [-0.25, -0.2) is 12.8 Å². The third-order valence-corrected chi connectivity index (χ3v) is 3.82. The van der Waals surface area contributed by atoms with Gasteiger partial charge in [-0.15, -0.1) is 0 Å². The van der Waals surface area contributed by atoms with Crippen LogP contribution in [-0.4, -0.2) is 20.9 Å². The Morgan fingerprint density at radius 1 is 1.44 bits per heavy atom. The Hall–Kier alpha value is -1.14. The van der Waals surface area contributed by atoms with E-state index in [0.29, 0.717) is 6.54 Å². The van der Waals surface area contributed by atoms with Gasteiger partial charge in [0.05, 0.1) is 4.90 Å². The van der Waals surface area contributed by atoms with Crippen LogP contribution in [0.2, 0.25) is 0 Å². The fourth-order valence-electron chi connectivity index (χ4n) is 1.48. The quantitative estimate of drug-likeness (QED) is 0.866. The zero-order chi connectivity index (χ0) is 13.9. The number of carbonyl (C=O) groups is 1. The van der Waals surface area contributed by atoms with Crippen LogP contribution in [-0.2, 0) is 9.05 Å². The summed E-state index contributed by atoms with van der Waals surface area (Å²) < 4.78 is 35.8. The lowest BCUT2D eigenvalue weighted by Gasteiger charge is -2.10. The number of rotatable bonds is 4. The van der Waals surface area contributed by atoms with E-state index in [9.17, 15) is 17.6 Å². The zero-order valence-corrected chi connectivity index (χ0v) is 11.5. The van der Waals surface area contributed by atoms with Crippen LogP contribution in [0, 0.1) is 12.7 Å². The fraction of sp³-hybridized carbons (Fsp3) is 0.364. The van der Waals surface area contributed by atoms with Gasteiger partial charge in [-0.1, -0.05) is 6.92 Å². The topological polar surface area (TPSA) is 63.2 Å². The first kappa shape index (κ1) is 14.9. The molecule has 0 aromatic heterocycles. The van der Waals surface area contributed by atoms with Gasteiger partial charge in [0.15, 0.2) is 0 Å². The summed E-state index contributed by atoms with van der Waals surface area (Å²) in [5.41, 5.74) is 0.114. The molecule has 0 aliphatic rings. The average Bonchev–Trinajstić information content (AvgIpc) is 2.27. The molecule has 18 heavy (non-hydrogen) atoms. The number of nitrogens with one attached hydrogen (secondary N) is 1. The van der Waals surface area contributed by atoms with Crippen molar-refractivity contribution in [1.29, 1.82) is 0 Å². The fourth-order valence-corrected chi connectivity index (χ4v) is 2.69. The van der Waals surface area contributed by atoms with E-state index in [1.807, 2.05) is 6.92 Å². The smallest absolute Gasteiger partial charge is 0.261 e. The van der Waals surface area contributed by atoms with Crippen molar-refractivity contribution < 1.29 is 17.6 Å². The Bertz CT molecular complexity index is 572. The van der Waals surface area contributed by atoms with Crippen molar-refractivity contribution in [3.05, 3.63) is 29.1 Å². The van der Waals surface area contributed by atoms with Crippen molar-refractivity contribution in [1.82, 2.24) is 5.32 Å². The minimum absolute atomic E-state index is 0.0253. The maximum absolute atomic E-state index is 13.3. The van der Waals surface area contributed by atoms with E-state index >= 15 is 0 Å². The maximum atomic E-state index is 13.3. The third kappa shape index (κ3) is 3.43. The first-order valence-electron chi connectivity index (χ1n) is 5.30. The predicted molar refractivity (Wildman–Crippen MR) is 66.8 cm³/mol. The molecule has 0 heterocycles. The van der Waals surface area contributed by atoms with Crippen LogP contribution in [0.25, 0.3) is 0 Å². The van der Waals surface area contributed by atoms with Crippen LogP contribution in [0.4, 0.5) is 4.39 Å². The molecule has 1 aromatic carbocycles. The molecule has 1 amide bonds. The minimum Gasteiger partial charge on any atom is -0.352 e. The number of amides is 1. The van der Waals surface area contributed by atoms with Gasteiger partial charge in [-0.05, 0) is 31.0 Å². The molecule has 1 N–H and O–H groups in total. The lowest BCUT2D eigenvalue weighted by Crippen LogP contribution is -2.25. The highest BCUT2D eigenvalue weighted by Crippen LogP contribution is 2.24. The molecule has 0 atom stereocenters. The van der Waals surface area contributed by atoms with Crippen LogP contribution in [0.15, 0.2) is 17.0 Å². The number of carbonyl (C=O) groups excluding carboxylic acids is 1. The molecule has 0 unspecified atom stereocenters. The number of hydrogen-bond donors (Lipinski definition) is 1. The molecule has 0 spiro atoms. The zero-order valence-electron chi connectivity index (χ0n) is 9.96. The highest BCUT2D eigenvalue weighted by molar-refractivity contribution is 8.13. The molecule has 1 rings (SSSR count). The minimum atomic E-state index is -4.08. The summed E-state index contributed by atoms with van der Waals surface area (Å²) in [6, 6.07) is 1.79. The molecule has 7 heteroatoms. The number of hydrogen-bond acceptors (Lipinski definition) is 3. The van der Waals surface area contributed by atoms with Gasteiger partial charge in [0.25, 0.3) is 15.0 Å². The van der Waals surface area contributed by atoms with E-state index < -0.39 is 20.8 Å². The van der Waals surface area contributed by atoms with Crippen LogP contribution in [0.3, 0.4) is 0 Å². The molecule has 100 valence electrons. The van der Waals surface area contributed by atoms with E-state index in [-0.39, 0.29) is 16.0 Å². The van der Waals surface area contributed by atoms with Crippen LogP contribution >= 0.6 is 10.7 Å². The van der Waals surface area contributed by atoms with Gasteiger partial charge < -0.3 is 5.32 Å². The second-order valence-electron chi connectivity index (χ2n) is 3.77. The molecule has 0 radical (unpaired) electrons. The van der Waals surface area contributed by atoms with Gasteiger partial charge >= 0.3 is 0 Å². The highest BCUT2D eigenvalue weighted by atomic mass is 35.7. The molecule has 0 aliphatic carbocycles. The monoisotopic (exact) mass is 293 g/mol.